The largest absolute Gasteiger partial charge is 0.462 e. The van der Waals surface area contributed by atoms with Gasteiger partial charge in [-0.05, 0) is 25.0 Å². The van der Waals surface area contributed by atoms with E-state index in [0.29, 0.717) is 26.4 Å². The van der Waals surface area contributed by atoms with Crippen molar-refractivity contribution in [1.82, 2.24) is 0 Å². The third-order valence-electron chi connectivity index (χ3n) is 2.52. The molecule has 1 heterocycles. The number of rotatable bonds is 9. The van der Waals surface area contributed by atoms with Crippen molar-refractivity contribution in [3.05, 3.63) is 23.2 Å². The van der Waals surface area contributed by atoms with Gasteiger partial charge in [0, 0.05) is 6.61 Å². The molecule has 1 rings (SSSR count). The van der Waals surface area contributed by atoms with Crippen molar-refractivity contribution in [3.8, 4) is 0 Å². The van der Waals surface area contributed by atoms with E-state index >= 15 is 0 Å². The predicted molar refractivity (Wildman–Crippen MR) is 66.7 cm³/mol. The monoisotopic (exact) mass is 241 g/mol. The Hall–Kier alpha value is -0.840. The fourth-order valence-electron chi connectivity index (χ4n) is 1.50. The van der Waals surface area contributed by atoms with Crippen molar-refractivity contribution in [2.24, 2.45) is 5.73 Å². The van der Waals surface area contributed by atoms with Crippen LogP contribution in [0, 0.1) is 6.92 Å². The molecule has 0 saturated heterocycles. The van der Waals surface area contributed by atoms with Crippen molar-refractivity contribution in [2.45, 2.75) is 39.8 Å². The molecule has 0 spiro atoms. The highest BCUT2D eigenvalue weighted by atomic mass is 16.5. The molecule has 0 saturated carbocycles. The summed E-state index contributed by atoms with van der Waals surface area (Å²) in [5.41, 5.74) is 6.62. The summed E-state index contributed by atoms with van der Waals surface area (Å²) in [4.78, 5) is 0. The maximum atomic E-state index is 5.53. The van der Waals surface area contributed by atoms with Crippen LogP contribution in [0.3, 0.4) is 0 Å². The summed E-state index contributed by atoms with van der Waals surface area (Å²) >= 11 is 0. The van der Waals surface area contributed by atoms with E-state index in [2.05, 4.69) is 6.92 Å². The molecule has 1 aromatic rings. The van der Waals surface area contributed by atoms with E-state index in [0.717, 1.165) is 36.5 Å². The predicted octanol–water partition coefficient (Wildman–Crippen LogP) is 2.38. The van der Waals surface area contributed by atoms with Crippen molar-refractivity contribution in [1.29, 1.82) is 0 Å². The van der Waals surface area contributed by atoms with Crippen molar-refractivity contribution in [3.63, 3.8) is 0 Å². The number of aryl methyl sites for hydroxylation is 1. The second-order valence-electron chi connectivity index (χ2n) is 4.04. The second-order valence-corrected chi connectivity index (χ2v) is 4.04. The van der Waals surface area contributed by atoms with Gasteiger partial charge in [-0.25, -0.2) is 0 Å². The average molecular weight is 241 g/mol. The SMILES string of the molecule is CCCCOCCOCc1cc(C)c(CN)o1. The van der Waals surface area contributed by atoms with Gasteiger partial charge in [0.1, 0.15) is 18.1 Å². The van der Waals surface area contributed by atoms with E-state index < -0.39 is 0 Å². The molecule has 4 heteroatoms. The zero-order chi connectivity index (χ0) is 12.5. The minimum absolute atomic E-state index is 0.436. The summed E-state index contributed by atoms with van der Waals surface area (Å²) in [5, 5.41) is 0. The number of nitrogens with two attached hydrogens (primary N) is 1. The second kappa shape index (κ2) is 8.28. The van der Waals surface area contributed by atoms with Gasteiger partial charge in [-0.2, -0.15) is 0 Å². The van der Waals surface area contributed by atoms with E-state index in [9.17, 15) is 0 Å². The van der Waals surface area contributed by atoms with Crippen LogP contribution in [-0.4, -0.2) is 19.8 Å². The number of hydrogen-bond donors (Lipinski definition) is 1. The first-order valence-electron chi connectivity index (χ1n) is 6.21. The molecular formula is C13H23NO3. The molecule has 0 bridgehead atoms. The van der Waals surface area contributed by atoms with Gasteiger partial charge in [-0.15, -0.1) is 0 Å². The Morgan fingerprint density at radius 3 is 2.65 bits per heavy atom. The summed E-state index contributed by atoms with van der Waals surface area (Å²) in [6.07, 6.45) is 2.27. The molecule has 0 aliphatic carbocycles. The number of furan rings is 1. The molecule has 0 aromatic carbocycles. The summed E-state index contributed by atoms with van der Waals surface area (Å²) in [7, 11) is 0. The molecule has 17 heavy (non-hydrogen) atoms. The fourth-order valence-corrected chi connectivity index (χ4v) is 1.50. The molecule has 0 unspecified atom stereocenters. The summed E-state index contributed by atoms with van der Waals surface area (Å²) in [6, 6.07) is 1.97. The smallest absolute Gasteiger partial charge is 0.130 e. The molecule has 0 fully saturated rings. The number of hydrogen-bond acceptors (Lipinski definition) is 4. The van der Waals surface area contributed by atoms with Crippen LogP contribution in [0.1, 0.15) is 36.8 Å². The van der Waals surface area contributed by atoms with E-state index in [1.807, 2.05) is 13.0 Å². The van der Waals surface area contributed by atoms with E-state index in [1.165, 1.54) is 0 Å². The van der Waals surface area contributed by atoms with Crippen LogP contribution >= 0.6 is 0 Å². The Morgan fingerprint density at radius 2 is 2.00 bits per heavy atom. The number of ether oxygens (including phenoxy) is 2. The zero-order valence-corrected chi connectivity index (χ0v) is 10.8. The molecule has 0 atom stereocenters. The third-order valence-corrected chi connectivity index (χ3v) is 2.52. The maximum Gasteiger partial charge on any atom is 0.130 e. The van der Waals surface area contributed by atoms with E-state index in [4.69, 9.17) is 19.6 Å². The highest BCUT2D eigenvalue weighted by Gasteiger charge is 2.05. The Morgan fingerprint density at radius 1 is 1.24 bits per heavy atom. The highest BCUT2D eigenvalue weighted by molar-refractivity contribution is 5.19. The van der Waals surface area contributed by atoms with Gasteiger partial charge in [0.15, 0.2) is 0 Å². The Bertz CT molecular complexity index is 310. The van der Waals surface area contributed by atoms with Crippen molar-refractivity contribution in [2.75, 3.05) is 19.8 Å². The molecule has 4 nitrogen and oxygen atoms in total. The average Bonchev–Trinajstić information content (AvgIpc) is 2.68. The summed E-state index contributed by atoms with van der Waals surface area (Å²) in [6.45, 7) is 7.11. The Labute approximate surface area is 103 Å². The Kier molecular flexibility index (Phi) is 6.93. The maximum absolute atomic E-state index is 5.53. The van der Waals surface area contributed by atoms with Crippen LogP contribution in [0.25, 0.3) is 0 Å². The standard InChI is InChI=1S/C13H23NO3/c1-3-4-5-15-6-7-16-10-12-8-11(2)13(9-14)17-12/h8H,3-7,9-10,14H2,1-2H3. The van der Waals surface area contributed by atoms with Crippen LogP contribution in [0.15, 0.2) is 10.5 Å². The first-order chi connectivity index (χ1) is 8.27. The normalized spacial score (nSPS) is 11.0. The van der Waals surface area contributed by atoms with E-state index in [-0.39, 0.29) is 0 Å². The minimum atomic E-state index is 0.436. The van der Waals surface area contributed by atoms with Crippen molar-refractivity contribution >= 4 is 0 Å². The van der Waals surface area contributed by atoms with Gasteiger partial charge in [0.25, 0.3) is 0 Å². The number of unbranched alkanes of at least 4 members (excludes halogenated alkanes) is 1. The molecular weight excluding hydrogens is 218 g/mol. The van der Waals surface area contributed by atoms with E-state index in [1.54, 1.807) is 0 Å². The molecule has 1 aromatic heterocycles. The molecule has 2 N–H and O–H groups in total. The van der Waals surface area contributed by atoms with Crippen LogP contribution in [0.2, 0.25) is 0 Å². The summed E-state index contributed by atoms with van der Waals surface area (Å²) < 4.78 is 16.4. The quantitative estimate of drug-likeness (QED) is 0.674. The fraction of sp³-hybridized carbons (Fsp3) is 0.692. The van der Waals surface area contributed by atoms with Crippen LogP contribution < -0.4 is 5.73 Å². The van der Waals surface area contributed by atoms with Gasteiger partial charge in [-0.1, -0.05) is 13.3 Å². The first-order valence-corrected chi connectivity index (χ1v) is 6.21. The highest BCUT2D eigenvalue weighted by Crippen LogP contribution is 2.14. The van der Waals surface area contributed by atoms with Crippen LogP contribution in [-0.2, 0) is 22.6 Å². The lowest BCUT2D eigenvalue weighted by molar-refractivity contribution is 0.0336. The lowest BCUT2D eigenvalue weighted by Gasteiger charge is -2.03. The molecule has 98 valence electrons. The van der Waals surface area contributed by atoms with Crippen molar-refractivity contribution < 1.29 is 13.9 Å². The molecule has 0 aliphatic rings. The minimum Gasteiger partial charge on any atom is -0.462 e. The lowest BCUT2D eigenvalue weighted by atomic mass is 10.3. The zero-order valence-electron chi connectivity index (χ0n) is 10.8. The van der Waals surface area contributed by atoms with Gasteiger partial charge >= 0.3 is 0 Å². The van der Waals surface area contributed by atoms with Gasteiger partial charge in [0.05, 0.1) is 19.8 Å². The van der Waals surface area contributed by atoms with Crippen LogP contribution in [0.4, 0.5) is 0 Å². The molecule has 0 radical (unpaired) electrons. The van der Waals surface area contributed by atoms with Gasteiger partial charge in [-0.3, -0.25) is 0 Å². The van der Waals surface area contributed by atoms with Crippen LogP contribution in [0.5, 0.6) is 0 Å². The Balaban J connectivity index is 2.09. The topological polar surface area (TPSA) is 57.6 Å². The lowest BCUT2D eigenvalue weighted by Crippen LogP contribution is -2.04. The third kappa shape index (κ3) is 5.35. The van der Waals surface area contributed by atoms with Gasteiger partial charge < -0.3 is 19.6 Å². The summed E-state index contributed by atoms with van der Waals surface area (Å²) in [5.74, 6) is 1.67. The van der Waals surface area contributed by atoms with Gasteiger partial charge in [0.2, 0.25) is 0 Å². The first kappa shape index (κ1) is 14.2. The molecule has 0 aliphatic heterocycles. The molecule has 0 amide bonds.